The number of amides is 1. The van der Waals surface area contributed by atoms with Crippen molar-refractivity contribution in [3.05, 3.63) is 72.3 Å². The Labute approximate surface area is 235 Å². The summed E-state index contributed by atoms with van der Waals surface area (Å²) in [6.07, 6.45) is 7.68. The lowest BCUT2D eigenvalue weighted by atomic mass is 9.81. The zero-order valence-corrected chi connectivity index (χ0v) is 23.1. The van der Waals surface area contributed by atoms with Gasteiger partial charge in [-0.3, -0.25) is 4.79 Å². The highest BCUT2D eigenvalue weighted by Gasteiger charge is 2.35. The Morgan fingerprint density at radius 3 is 2.52 bits per heavy atom. The van der Waals surface area contributed by atoms with Gasteiger partial charge in [0.15, 0.2) is 6.29 Å². The quantitative estimate of drug-likeness (QED) is 0.382. The lowest BCUT2D eigenvalue weighted by molar-refractivity contribution is -0.188. The Morgan fingerprint density at radius 2 is 1.88 bits per heavy atom. The summed E-state index contributed by atoms with van der Waals surface area (Å²) in [5.74, 6) is 8.06. The molecule has 0 spiro atoms. The van der Waals surface area contributed by atoms with E-state index in [0.717, 1.165) is 61.2 Å². The maximum Gasteiger partial charge on any atom is 0.223 e. The minimum atomic E-state index is -0.439. The molecule has 0 bridgehead atoms. The molecular weight excluding hydrogens is 506 g/mol. The molecule has 1 amide bonds. The zero-order chi connectivity index (χ0) is 27.9. The molecule has 1 aliphatic heterocycles. The molecule has 3 atom stereocenters. The molecule has 2 fully saturated rings. The number of aliphatic hydroxyl groups is 1. The summed E-state index contributed by atoms with van der Waals surface area (Å²) in [6, 6.07) is 15.6. The van der Waals surface area contributed by atoms with Gasteiger partial charge in [-0.2, -0.15) is 0 Å². The molecule has 1 aromatic heterocycles. The molecule has 40 heavy (non-hydrogen) atoms. The highest BCUT2D eigenvalue weighted by atomic mass is 16.7. The molecule has 5 rings (SSSR count). The van der Waals surface area contributed by atoms with Crippen molar-refractivity contribution in [3.63, 3.8) is 0 Å². The summed E-state index contributed by atoms with van der Waals surface area (Å²) in [5.41, 5.74) is 3.02. The average Bonchev–Trinajstić information content (AvgIpc) is 3.46. The van der Waals surface area contributed by atoms with Crippen molar-refractivity contribution < 1.29 is 24.1 Å². The van der Waals surface area contributed by atoms with Gasteiger partial charge in [-0.05, 0) is 74.4 Å². The first kappa shape index (κ1) is 27.9. The average molecular weight is 544 g/mol. The van der Waals surface area contributed by atoms with E-state index in [-0.39, 0.29) is 36.9 Å². The van der Waals surface area contributed by atoms with Gasteiger partial charge in [0.25, 0.3) is 0 Å². The molecule has 2 heterocycles. The lowest BCUT2D eigenvalue weighted by Crippen LogP contribution is -2.42. The third kappa shape index (κ3) is 6.73. The van der Waals surface area contributed by atoms with Crippen LogP contribution in [0.25, 0.3) is 11.1 Å². The van der Waals surface area contributed by atoms with Gasteiger partial charge in [0.1, 0.15) is 29.8 Å². The van der Waals surface area contributed by atoms with Crippen LogP contribution in [0.3, 0.4) is 0 Å². The molecule has 0 radical (unpaired) electrons. The fraction of sp³-hybridized carbons (Fsp3) is 0.438. The highest BCUT2D eigenvalue weighted by Crippen LogP contribution is 2.32. The zero-order valence-electron chi connectivity index (χ0n) is 23.1. The highest BCUT2D eigenvalue weighted by molar-refractivity contribution is 5.79. The van der Waals surface area contributed by atoms with E-state index >= 15 is 0 Å². The van der Waals surface area contributed by atoms with E-state index in [9.17, 15) is 9.90 Å². The first-order chi connectivity index (χ1) is 19.5. The molecule has 2 aliphatic rings. The molecule has 2 aromatic carbocycles. The number of nitrogens with one attached hydrogen (secondary N) is 1. The predicted octanol–water partition coefficient (Wildman–Crippen LogP) is 4.64. The van der Waals surface area contributed by atoms with Crippen molar-refractivity contribution in [2.45, 2.75) is 63.6 Å². The van der Waals surface area contributed by atoms with Crippen molar-refractivity contribution in [1.82, 2.24) is 14.9 Å². The number of imidazole rings is 1. The molecule has 3 aromatic rings. The summed E-state index contributed by atoms with van der Waals surface area (Å²) in [7, 11) is 1.67. The minimum Gasteiger partial charge on any atom is -0.490 e. The molecule has 1 aliphatic carbocycles. The largest absolute Gasteiger partial charge is 0.490 e. The van der Waals surface area contributed by atoms with Crippen LogP contribution in [-0.4, -0.2) is 53.2 Å². The molecule has 210 valence electrons. The first-order valence-electron chi connectivity index (χ1n) is 14.0. The second kappa shape index (κ2) is 13.1. The van der Waals surface area contributed by atoms with Gasteiger partial charge in [-0.15, -0.1) is 0 Å². The fourth-order valence-electron chi connectivity index (χ4n) is 5.12. The van der Waals surface area contributed by atoms with Crippen LogP contribution in [-0.2, 0) is 14.3 Å². The van der Waals surface area contributed by atoms with Crippen LogP contribution in [0.4, 0.5) is 0 Å². The van der Waals surface area contributed by atoms with Gasteiger partial charge in [-0.1, -0.05) is 36.1 Å². The molecule has 1 saturated carbocycles. The van der Waals surface area contributed by atoms with Gasteiger partial charge < -0.3 is 29.2 Å². The molecular formula is C32H37N3O5. The monoisotopic (exact) mass is 543 g/mol. The van der Waals surface area contributed by atoms with Crippen molar-refractivity contribution in [2.75, 3.05) is 20.3 Å². The number of nitrogens with zero attached hydrogens (tertiary/aromatic N) is 2. The van der Waals surface area contributed by atoms with E-state index < -0.39 is 6.04 Å². The fourth-order valence-corrected chi connectivity index (χ4v) is 5.12. The number of ether oxygens (including phenoxy) is 3. The number of hydrogen-bond acceptors (Lipinski definition) is 6. The standard InChI is InChI=1S/C32H37N3O5/c1-22(39-30-5-3-4-18-38-30)31-34-16-17-35(31)27(21-36)13-8-23-6-9-24(10-7-23)25-11-14-28(15-12-25)40-29-19-26(20-29)32(37)33-2/h6-7,9-12,14-17,22,26-27,29-30,36H,3-5,18-21H2,1-2H3,(H,33,37)/t22-,26?,27-,29?,30?/m0/s1. The van der Waals surface area contributed by atoms with Gasteiger partial charge in [0.2, 0.25) is 5.91 Å². The van der Waals surface area contributed by atoms with E-state index in [1.807, 2.05) is 66.2 Å². The minimum absolute atomic E-state index is 0.0597. The van der Waals surface area contributed by atoms with Gasteiger partial charge in [0.05, 0.1) is 6.61 Å². The summed E-state index contributed by atoms with van der Waals surface area (Å²) >= 11 is 0. The third-order valence-electron chi connectivity index (χ3n) is 7.54. The van der Waals surface area contributed by atoms with Crippen molar-refractivity contribution >= 4 is 5.91 Å². The number of hydrogen-bond donors (Lipinski definition) is 2. The number of carbonyl (C=O) groups excluding carboxylic acids is 1. The van der Waals surface area contributed by atoms with E-state index in [1.54, 1.807) is 13.2 Å². The second-order valence-electron chi connectivity index (χ2n) is 10.4. The smallest absolute Gasteiger partial charge is 0.223 e. The van der Waals surface area contributed by atoms with Crippen LogP contribution >= 0.6 is 0 Å². The topological polar surface area (TPSA) is 94.8 Å². The Morgan fingerprint density at radius 1 is 1.15 bits per heavy atom. The summed E-state index contributed by atoms with van der Waals surface area (Å²) in [5, 5.41) is 12.8. The Hall–Kier alpha value is -3.64. The Bertz CT molecular complexity index is 1310. The number of carbonyl (C=O) groups is 1. The summed E-state index contributed by atoms with van der Waals surface area (Å²) < 4.78 is 19.7. The van der Waals surface area contributed by atoms with Gasteiger partial charge in [0, 0.05) is 37.5 Å². The van der Waals surface area contributed by atoms with Gasteiger partial charge in [-0.25, -0.2) is 4.98 Å². The lowest BCUT2D eigenvalue weighted by Gasteiger charge is -2.34. The third-order valence-corrected chi connectivity index (χ3v) is 7.54. The Balaban J connectivity index is 1.18. The summed E-state index contributed by atoms with van der Waals surface area (Å²) in [4.78, 5) is 16.1. The van der Waals surface area contributed by atoms with Gasteiger partial charge >= 0.3 is 0 Å². The predicted molar refractivity (Wildman–Crippen MR) is 151 cm³/mol. The normalized spacial score (nSPS) is 21.8. The SMILES string of the molecule is CNC(=O)C1CC(Oc2ccc(-c3ccc(C#C[C@@H](CO)n4ccnc4[C@H](C)OC4CCCCO4)cc3)cc2)C1. The Kier molecular flexibility index (Phi) is 9.17. The maximum atomic E-state index is 11.7. The van der Waals surface area contributed by atoms with Crippen molar-refractivity contribution in [2.24, 2.45) is 5.92 Å². The number of aliphatic hydroxyl groups excluding tert-OH is 1. The first-order valence-corrected chi connectivity index (χ1v) is 14.0. The summed E-state index contributed by atoms with van der Waals surface area (Å²) in [6.45, 7) is 2.53. The van der Waals surface area contributed by atoms with Crippen molar-refractivity contribution in [3.8, 4) is 28.7 Å². The van der Waals surface area contributed by atoms with Crippen LogP contribution < -0.4 is 10.1 Å². The number of rotatable bonds is 9. The van der Waals surface area contributed by atoms with Crippen LogP contribution in [0, 0.1) is 17.8 Å². The van der Waals surface area contributed by atoms with Crippen LogP contribution in [0.1, 0.15) is 62.6 Å². The van der Waals surface area contributed by atoms with E-state index in [4.69, 9.17) is 14.2 Å². The molecule has 8 heteroatoms. The number of benzene rings is 2. The maximum absolute atomic E-state index is 11.7. The second-order valence-corrected chi connectivity index (χ2v) is 10.4. The van der Waals surface area contributed by atoms with Crippen LogP contribution in [0.2, 0.25) is 0 Å². The van der Waals surface area contributed by atoms with E-state index in [2.05, 4.69) is 22.1 Å². The molecule has 1 unspecified atom stereocenters. The van der Waals surface area contributed by atoms with E-state index in [1.165, 1.54) is 0 Å². The molecule has 2 N–H and O–H groups in total. The number of aromatic nitrogens is 2. The van der Waals surface area contributed by atoms with Crippen LogP contribution in [0.5, 0.6) is 5.75 Å². The molecule has 1 saturated heterocycles. The van der Waals surface area contributed by atoms with Crippen LogP contribution in [0.15, 0.2) is 60.9 Å². The van der Waals surface area contributed by atoms with Crippen molar-refractivity contribution in [1.29, 1.82) is 0 Å². The van der Waals surface area contributed by atoms with E-state index in [0.29, 0.717) is 5.82 Å². The molecule has 8 nitrogen and oxygen atoms in total.